The molecule has 5 nitrogen and oxygen atoms in total. The number of piperidine rings is 1. The highest BCUT2D eigenvalue weighted by molar-refractivity contribution is 6.03. The van der Waals surface area contributed by atoms with Gasteiger partial charge in [-0.3, -0.25) is 9.59 Å². The van der Waals surface area contributed by atoms with E-state index in [1.165, 1.54) is 23.4 Å². The van der Waals surface area contributed by atoms with Crippen LogP contribution in [0.15, 0.2) is 42.5 Å². The summed E-state index contributed by atoms with van der Waals surface area (Å²) in [5, 5.41) is 3.00. The Morgan fingerprint density at radius 3 is 2.71 bits per heavy atom. The SMILES string of the molecule is CC.O=C1CN2c3c(cccc3C3CN(CCCC(=O)c4ccc(F)cc4)CCC32)N1. The highest BCUT2D eigenvalue weighted by atomic mass is 19.1. The van der Waals surface area contributed by atoms with Gasteiger partial charge in [-0.15, -0.1) is 0 Å². The summed E-state index contributed by atoms with van der Waals surface area (Å²) in [6, 6.07) is 12.4. The molecule has 0 aromatic heterocycles. The summed E-state index contributed by atoms with van der Waals surface area (Å²) < 4.78 is 13.0. The first-order chi connectivity index (χ1) is 15.1. The number of ketones is 1. The number of fused-ring (bicyclic) bond motifs is 3. The lowest BCUT2D eigenvalue weighted by Crippen LogP contribution is -2.49. The van der Waals surface area contributed by atoms with Gasteiger partial charge in [0.05, 0.1) is 17.9 Å². The molecule has 1 amide bonds. The van der Waals surface area contributed by atoms with E-state index in [0.29, 0.717) is 30.5 Å². The summed E-state index contributed by atoms with van der Waals surface area (Å²) in [5.41, 5.74) is 4.05. The smallest absolute Gasteiger partial charge is 0.243 e. The van der Waals surface area contributed by atoms with Crippen LogP contribution in [0.2, 0.25) is 0 Å². The van der Waals surface area contributed by atoms with Crippen molar-refractivity contribution in [2.24, 2.45) is 0 Å². The van der Waals surface area contributed by atoms with Gasteiger partial charge in [0.25, 0.3) is 0 Å². The molecule has 1 N–H and O–H groups in total. The van der Waals surface area contributed by atoms with Crippen molar-refractivity contribution in [3.8, 4) is 0 Å². The Hall–Kier alpha value is -2.73. The number of halogens is 1. The molecule has 2 atom stereocenters. The number of nitrogens with zero attached hydrogens (tertiary/aromatic N) is 2. The highest BCUT2D eigenvalue weighted by Crippen LogP contribution is 2.49. The van der Waals surface area contributed by atoms with Crippen LogP contribution in [-0.2, 0) is 4.79 Å². The van der Waals surface area contributed by atoms with Crippen molar-refractivity contribution in [1.29, 1.82) is 0 Å². The number of carbonyl (C=O) groups is 2. The molecule has 2 aromatic rings. The van der Waals surface area contributed by atoms with Crippen molar-refractivity contribution in [1.82, 2.24) is 4.90 Å². The Morgan fingerprint density at radius 2 is 1.94 bits per heavy atom. The predicted molar refractivity (Wildman–Crippen MR) is 121 cm³/mol. The van der Waals surface area contributed by atoms with Gasteiger partial charge in [0.2, 0.25) is 5.91 Å². The summed E-state index contributed by atoms with van der Waals surface area (Å²) in [7, 11) is 0. The average Bonchev–Trinajstić information content (AvgIpc) is 3.10. The van der Waals surface area contributed by atoms with Crippen LogP contribution in [0.1, 0.15) is 54.9 Å². The first kappa shape index (κ1) is 21.5. The number of likely N-dealkylation sites (tertiary alicyclic amines) is 1. The summed E-state index contributed by atoms with van der Waals surface area (Å²) in [5.74, 6) is 0.216. The number of carbonyl (C=O) groups excluding carboxylic acids is 2. The molecule has 164 valence electrons. The Kier molecular flexibility index (Phi) is 6.37. The molecule has 3 heterocycles. The molecule has 1 saturated heterocycles. The number of para-hydroxylation sites is 1. The fourth-order valence-electron chi connectivity index (χ4n) is 5.12. The molecule has 1 fully saturated rings. The maximum absolute atomic E-state index is 13.0. The Balaban J connectivity index is 0.00000112. The number of anilines is 2. The molecule has 0 saturated carbocycles. The number of Topliss-reactive ketones (excluding diaryl/α,β-unsaturated/α-hetero) is 1. The van der Waals surface area contributed by atoms with Crippen LogP contribution < -0.4 is 10.2 Å². The standard InChI is InChI=1S/C23H24FN3O2.C2H6/c24-16-8-6-15(7-9-16)21(28)5-2-11-26-12-10-20-18(13-26)17-3-1-4-19-23(17)27(20)14-22(29)25-19;1-2/h1,3-4,6-9,18,20H,2,5,10-14H2,(H,25,29);1-2H3. The average molecular weight is 424 g/mol. The largest absolute Gasteiger partial charge is 0.357 e. The molecule has 5 rings (SSSR count). The van der Waals surface area contributed by atoms with E-state index < -0.39 is 0 Å². The van der Waals surface area contributed by atoms with E-state index in [0.717, 1.165) is 38.2 Å². The van der Waals surface area contributed by atoms with Crippen LogP contribution in [0.25, 0.3) is 0 Å². The molecule has 0 spiro atoms. The Labute approximate surface area is 183 Å². The summed E-state index contributed by atoms with van der Waals surface area (Å²) in [4.78, 5) is 29.1. The van der Waals surface area contributed by atoms with Gasteiger partial charge in [0.1, 0.15) is 5.82 Å². The Morgan fingerprint density at radius 1 is 1.16 bits per heavy atom. The molecule has 2 aromatic carbocycles. The number of nitrogens with one attached hydrogen (secondary N) is 1. The zero-order valence-electron chi connectivity index (χ0n) is 18.2. The quantitative estimate of drug-likeness (QED) is 0.722. The zero-order valence-corrected chi connectivity index (χ0v) is 18.2. The molecule has 3 aliphatic rings. The molecule has 2 unspecified atom stereocenters. The minimum atomic E-state index is -0.320. The fourth-order valence-corrected chi connectivity index (χ4v) is 5.12. The van der Waals surface area contributed by atoms with E-state index >= 15 is 0 Å². The number of benzene rings is 2. The third kappa shape index (κ3) is 4.22. The van der Waals surface area contributed by atoms with Crippen LogP contribution in [0.5, 0.6) is 0 Å². The van der Waals surface area contributed by atoms with Gasteiger partial charge in [-0.25, -0.2) is 4.39 Å². The third-order valence-electron chi connectivity index (χ3n) is 6.45. The van der Waals surface area contributed by atoms with Crippen molar-refractivity contribution in [2.75, 3.05) is 36.4 Å². The lowest BCUT2D eigenvalue weighted by molar-refractivity contribution is -0.115. The number of amides is 1. The van der Waals surface area contributed by atoms with Crippen LogP contribution in [0, 0.1) is 5.82 Å². The second-order valence-electron chi connectivity index (χ2n) is 8.22. The number of rotatable bonds is 5. The number of hydrogen-bond donors (Lipinski definition) is 1. The lowest BCUT2D eigenvalue weighted by atomic mass is 9.89. The molecular weight excluding hydrogens is 393 g/mol. The fraction of sp³-hybridized carbons (Fsp3) is 0.440. The summed E-state index contributed by atoms with van der Waals surface area (Å²) >= 11 is 0. The van der Waals surface area contributed by atoms with Crippen molar-refractivity contribution in [3.63, 3.8) is 0 Å². The van der Waals surface area contributed by atoms with E-state index in [1.54, 1.807) is 12.1 Å². The molecule has 3 aliphatic heterocycles. The maximum atomic E-state index is 13.0. The molecular formula is C25H30FN3O2. The first-order valence-electron chi connectivity index (χ1n) is 11.3. The summed E-state index contributed by atoms with van der Waals surface area (Å²) in [6.45, 7) is 7.25. The van der Waals surface area contributed by atoms with Gasteiger partial charge in [-0.2, -0.15) is 0 Å². The lowest BCUT2D eigenvalue weighted by Gasteiger charge is -2.39. The summed E-state index contributed by atoms with van der Waals surface area (Å²) in [6.07, 6.45) is 2.30. The van der Waals surface area contributed by atoms with E-state index in [9.17, 15) is 14.0 Å². The van der Waals surface area contributed by atoms with Crippen molar-refractivity contribution < 1.29 is 14.0 Å². The monoisotopic (exact) mass is 423 g/mol. The first-order valence-corrected chi connectivity index (χ1v) is 11.3. The molecule has 31 heavy (non-hydrogen) atoms. The van der Waals surface area contributed by atoms with E-state index in [4.69, 9.17) is 0 Å². The predicted octanol–water partition coefficient (Wildman–Crippen LogP) is 4.45. The molecule has 0 radical (unpaired) electrons. The van der Waals surface area contributed by atoms with Gasteiger partial charge < -0.3 is 15.1 Å². The van der Waals surface area contributed by atoms with Crippen molar-refractivity contribution in [3.05, 3.63) is 59.4 Å². The van der Waals surface area contributed by atoms with Gasteiger partial charge in [-0.05, 0) is 55.3 Å². The minimum absolute atomic E-state index is 0.0667. The van der Waals surface area contributed by atoms with Gasteiger partial charge >= 0.3 is 0 Å². The van der Waals surface area contributed by atoms with Gasteiger partial charge in [0.15, 0.2) is 5.78 Å². The van der Waals surface area contributed by atoms with Crippen LogP contribution >= 0.6 is 0 Å². The molecule has 0 aliphatic carbocycles. The van der Waals surface area contributed by atoms with E-state index in [2.05, 4.69) is 21.2 Å². The van der Waals surface area contributed by atoms with E-state index in [-0.39, 0.29) is 17.5 Å². The van der Waals surface area contributed by atoms with Crippen molar-refractivity contribution >= 4 is 23.1 Å². The molecule has 0 bridgehead atoms. The van der Waals surface area contributed by atoms with Gasteiger partial charge in [0, 0.05) is 37.0 Å². The second kappa shape index (κ2) is 9.18. The molecule has 6 heteroatoms. The zero-order chi connectivity index (χ0) is 22.0. The Bertz CT molecular complexity index is 960. The highest BCUT2D eigenvalue weighted by Gasteiger charge is 2.44. The van der Waals surface area contributed by atoms with Crippen LogP contribution in [0.4, 0.5) is 15.8 Å². The second-order valence-corrected chi connectivity index (χ2v) is 8.22. The van der Waals surface area contributed by atoms with E-state index in [1.807, 2.05) is 26.0 Å². The van der Waals surface area contributed by atoms with Gasteiger partial charge in [-0.1, -0.05) is 26.0 Å². The number of hydrogen-bond acceptors (Lipinski definition) is 4. The van der Waals surface area contributed by atoms with Crippen LogP contribution in [-0.4, -0.2) is 48.8 Å². The van der Waals surface area contributed by atoms with Crippen molar-refractivity contribution in [2.45, 2.75) is 45.1 Å². The third-order valence-corrected chi connectivity index (χ3v) is 6.45. The van der Waals surface area contributed by atoms with Crippen LogP contribution in [0.3, 0.4) is 0 Å². The topological polar surface area (TPSA) is 52.7 Å². The normalized spacial score (nSPS) is 21.5. The maximum Gasteiger partial charge on any atom is 0.243 e. The minimum Gasteiger partial charge on any atom is -0.357 e.